The monoisotopic (exact) mass is 448 g/mol. The van der Waals surface area contributed by atoms with Crippen LogP contribution in [-0.2, 0) is 6.54 Å². The summed E-state index contributed by atoms with van der Waals surface area (Å²) in [5.41, 5.74) is 2.55. The van der Waals surface area contributed by atoms with Crippen LogP contribution in [0.25, 0.3) is 10.6 Å². The number of nitrogens with zero attached hydrogens (tertiary/aromatic N) is 3. The Kier molecular flexibility index (Phi) is 5.38. The third-order valence-corrected chi connectivity index (χ3v) is 5.96. The van der Waals surface area contributed by atoms with E-state index in [2.05, 4.69) is 30.8 Å². The Morgan fingerprint density at radius 1 is 1.22 bits per heavy atom. The molecule has 1 amide bonds. The molecule has 27 heavy (non-hydrogen) atoms. The zero-order chi connectivity index (χ0) is 18.8. The predicted octanol–water partition coefficient (Wildman–Crippen LogP) is 4.00. The van der Waals surface area contributed by atoms with Crippen molar-refractivity contribution in [1.82, 2.24) is 19.8 Å². The highest BCUT2D eigenvalue weighted by molar-refractivity contribution is 9.10. The molecule has 0 aliphatic carbocycles. The van der Waals surface area contributed by atoms with E-state index in [1.165, 1.54) is 12.1 Å². The number of hydrogen-bond acceptors (Lipinski definition) is 4. The molecule has 3 heterocycles. The Balaban J connectivity index is 1.33. The van der Waals surface area contributed by atoms with E-state index in [-0.39, 0.29) is 11.7 Å². The molecule has 5 nitrogen and oxygen atoms in total. The van der Waals surface area contributed by atoms with Crippen LogP contribution in [0.4, 0.5) is 4.39 Å². The molecule has 1 aliphatic rings. The van der Waals surface area contributed by atoms with Crippen molar-refractivity contribution in [2.24, 2.45) is 0 Å². The van der Waals surface area contributed by atoms with Crippen LogP contribution in [0.1, 0.15) is 16.2 Å². The molecule has 0 atom stereocenters. The van der Waals surface area contributed by atoms with Crippen molar-refractivity contribution in [2.75, 3.05) is 26.2 Å². The molecule has 0 spiro atoms. The standard InChI is InChI=1S/C19H18BrFN4OS/c20-14-9-17(22-10-14)19(26)25-7-5-24(6-8-25)11-16-12-27-18(23-16)13-1-3-15(21)4-2-13/h1-4,9-10,12,22H,5-8,11H2. The average molecular weight is 449 g/mol. The van der Waals surface area contributed by atoms with Gasteiger partial charge in [-0.1, -0.05) is 0 Å². The van der Waals surface area contributed by atoms with Crippen LogP contribution in [0.2, 0.25) is 0 Å². The average Bonchev–Trinajstić information content (AvgIpc) is 3.32. The first kappa shape index (κ1) is 18.3. The molecule has 140 valence electrons. The number of halogens is 2. The van der Waals surface area contributed by atoms with Crippen molar-refractivity contribution >= 4 is 33.2 Å². The van der Waals surface area contributed by atoms with Crippen LogP contribution in [0.5, 0.6) is 0 Å². The summed E-state index contributed by atoms with van der Waals surface area (Å²) in [6, 6.07) is 8.22. The molecule has 4 rings (SSSR count). The van der Waals surface area contributed by atoms with Gasteiger partial charge in [0, 0.05) is 54.3 Å². The molecule has 1 fully saturated rings. The molecule has 0 bridgehead atoms. The number of aromatic amines is 1. The largest absolute Gasteiger partial charge is 0.356 e. The van der Waals surface area contributed by atoms with Crippen LogP contribution in [0, 0.1) is 5.82 Å². The molecule has 1 aromatic carbocycles. The summed E-state index contributed by atoms with van der Waals surface area (Å²) < 4.78 is 13.9. The third-order valence-electron chi connectivity index (χ3n) is 4.57. The quantitative estimate of drug-likeness (QED) is 0.656. The minimum absolute atomic E-state index is 0.0348. The van der Waals surface area contributed by atoms with Crippen LogP contribution >= 0.6 is 27.3 Å². The van der Waals surface area contributed by atoms with Gasteiger partial charge in [0.1, 0.15) is 16.5 Å². The maximum absolute atomic E-state index is 13.1. The first-order valence-electron chi connectivity index (χ1n) is 8.64. The molecular formula is C19H18BrFN4OS. The van der Waals surface area contributed by atoms with Gasteiger partial charge in [0.25, 0.3) is 5.91 Å². The number of carbonyl (C=O) groups is 1. The number of rotatable bonds is 4. The fourth-order valence-corrected chi connectivity index (χ4v) is 4.26. The van der Waals surface area contributed by atoms with Gasteiger partial charge in [-0.3, -0.25) is 9.69 Å². The summed E-state index contributed by atoms with van der Waals surface area (Å²) in [5.74, 6) is -0.206. The Bertz CT molecular complexity index is 931. The topological polar surface area (TPSA) is 52.2 Å². The first-order chi connectivity index (χ1) is 13.1. The Morgan fingerprint density at radius 3 is 2.63 bits per heavy atom. The number of nitrogens with one attached hydrogen (secondary N) is 1. The second-order valence-electron chi connectivity index (χ2n) is 6.45. The number of piperazine rings is 1. The Hall–Kier alpha value is -2.03. The number of H-pyrrole nitrogens is 1. The summed E-state index contributed by atoms with van der Waals surface area (Å²) in [6.45, 7) is 3.79. The summed E-state index contributed by atoms with van der Waals surface area (Å²) >= 11 is 4.93. The number of aromatic nitrogens is 2. The van der Waals surface area contributed by atoms with E-state index in [1.54, 1.807) is 35.7 Å². The molecule has 1 saturated heterocycles. The maximum atomic E-state index is 13.1. The van der Waals surface area contributed by atoms with Crippen molar-refractivity contribution < 1.29 is 9.18 Å². The first-order valence-corrected chi connectivity index (χ1v) is 10.3. The second kappa shape index (κ2) is 7.92. The highest BCUT2D eigenvalue weighted by Crippen LogP contribution is 2.24. The fourth-order valence-electron chi connectivity index (χ4n) is 3.10. The van der Waals surface area contributed by atoms with Gasteiger partial charge in [0.15, 0.2) is 0 Å². The molecule has 0 radical (unpaired) electrons. The van der Waals surface area contributed by atoms with E-state index >= 15 is 0 Å². The van der Waals surface area contributed by atoms with Gasteiger partial charge in [-0.05, 0) is 46.3 Å². The summed E-state index contributed by atoms with van der Waals surface area (Å²) in [4.78, 5) is 24.3. The lowest BCUT2D eigenvalue weighted by Crippen LogP contribution is -2.48. The molecule has 2 aromatic heterocycles. The number of benzene rings is 1. The lowest BCUT2D eigenvalue weighted by atomic mass is 10.2. The molecule has 1 N–H and O–H groups in total. The number of thiazole rings is 1. The molecule has 8 heteroatoms. The van der Waals surface area contributed by atoms with E-state index in [0.717, 1.165) is 40.4 Å². The molecular weight excluding hydrogens is 431 g/mol. The smallest absolute Gasteiger partial charge is 0.270 e. The van der Waals surface area contributed by atoms with Crippen LogP contribution in [-0.4, -0.2) is 51.9 Å². The number of hydrogen-bond donors (Lipinski definition) is 1. The van der Waals surface area contributed by atoms with Gasteiger partial charge < -0.3 is 9.88 Å². The van der Waals surface area contributed by atoms with Crippen molar-refractivity contribution in [3.05, 3.63) is 63.6 Å². The Morgan fingerprint density at radius 2 is 1.96 bits per heavy atom. The minimum atomic E-state index is -0.241. The zero-order valence-corrected chi connectivity index (χ0v) is 16.9. The zero-order valence-electron chi connectivity index (χ0n) is 14.5. The fraction of sp³-hybridized carbons (Fsp3) is 0.263. The van der Waals surface area contributed by atoms with Crippen LogP contribution in [0.15, 0.2) is 46.4 Å². The normalized spacial score (nSPS) is 15.3. The van der Waals surface area contributed by atoms with E-state index in [4.69, 9.17) is 0 Å². The van der Waals surface area contributed by atoms with Gasteiger partial charge in [-0.2, -0.15) is 0 Å². The highest BCUT2D eigenvalue weighted by atomic mass is 79.9. The molecule has 3 aromatic rings. The lowest BCUT2D eigenvalue weighted by molar-refractivity contribution is 0.0622. The Labute approximate surface area is 169 Å². The van der Waals surface area contributed by atoms with Gasteiger partial charge >= 0.3 is 0 Å². The SMILES string of the molecule is O=C(c1cc(Br)c[nH]1)N1CCN(Cc2csc(-c3ccc(F)cc3)n2)CC1. The number of carbonyl (C=O) groups excluding carboxylic acids is 1. The predicted molar refractivity (Wildman–Crippen MR) is 107 cm³/mol. The van der Waals surface area contributed by atoms with Gasteiger partial charge in [0.05, 0.1) is 5.69 Å². The van der Waals surface area contributed by atoms with E-state index in [1.807, 2.05) is 10.3 Å². The maximum Gasteiger partial charge on any atom is 0.270 e. The van der Waals surface area contributed by atoms with Gasteiger partial charge in [0.2, 0.25) is 0 Å². The van der Waals surface area contributed by atoms with Crippen molar-refractivity contribution in [1.29, 1.82) is 0 Å². The molecule has 1 aliphatic heterocycles. The lowest BCUT2D eigenvalue weighted by Gasteiger charge is -2.34. The third kappa shape index (κ3) is 4.28. The van der Waals surface area contributed by atoms with E-state index < -0.39 is 0 Å². The molecule has 0 saturated carbocycles. The minimum Gasteiger partial charge on any atom is -0.356 e. The summed E-state index contributed by atoms with van der Waals surface area (Å²) in [5, 5.41) is 2.95. The highest BCUT2D eigenvalue weighted by Gasteiger charge is 2.23. The van der Waals surface area contributed by atoms with Crippen LogP contribution in [0.3, 0.4) is 0 Å². The summed E-state index contributed by atoms with van der Waals surface area (Å²) in [7, 11) is 0. The van der Waals surface area contributed by atoms with E-state index in [9.17, 15) is 9.18 Å². The van der Waals surface area contributed by atoms with Crippen molar-refractivity contribution in [3.63, 3.8) is 0 Å². The summed E-state index contributed by atoms with van der Waals surface area (Å²) in [6.07, 6.45) is 1.77. The molecule has 0 unspecified atom stereocenters. The number of amides is 1. The van der Waals surface area contributed by atoms with Crippen molar-refractivity contribution in [2.45, 2.75) is 6.54 Å². The second-order valence-corrected chi connectivity index (χ2v) is 8.22. The van der Waals surface area contributed by atoms with Gasteiger partial charge in [-0.25, -0.2) is 9.37 Å². The van der Waals surface area contributed by atoms with E-state index in [0.29, 0.717) is 18.8 Å². The van der Waals surface area contributed by atoms with Crippen LogP contribution < -0.4 is 0 Å². The van der Waals surface area contributed by atoms with Crippen molar-refractivity contribution in [3.8, 4) is 10.6 Å². The van der Waals surface area contributed by atoms with Gasteiger partial charge in [-0.15, -0.1) is 11.3 Å².